The molecule has 27 heavy (non-hydrogen) atoms. The van der Waals surface area contributed by atoms with Gasteiger partial charge in [0.25, 0.3) is 0 Å². The lowest BCUT2D eigenvalue weighted by molar-refractivity contribution is -0.671. The van der Waals surface area contributed by atoms with Crippen LogP contribution in [-0.2, 0) is 11.8 Å². The van der Waals surface area contributed by atoms with Crippen molar-refractivity contribution in [3.05, 3.63) is 108 Å². The molecule has 0 fully saturated rings. The first-order chi connectivity index (χ1) is 12.6. The van der Waals surface area contributed by atoms with E-state index in [0.717, 1.165) is 27.8 Å². The van der Waals surface area contributed by atoms with Crippen LogP contribution in [0.2, 0.25) is 0 Å². The number of ketones is 1. The fourth-order valence-corrected chi connectivity index (χ4v) is 3.43. The summed E-state index contributed by atoms with van der Waals surface area (Å²) < 4.78 is 2.00. The summed E-state index contributed by atoms with van der Waals surface area (Å²) in [7, 11) is 3.97. The van der Waals surface area contributed by atoms with Gasteiger partial charge in [-0.05, 0) is 40.5 Å². The monoisotopic (exact) mass is 468 g/mol. The molecule has 4 rings (SSSR count). The molecule has 0 bridgehead atoms. The Hall–Kier alpha value is -2.47. The minimum absolute atomic E-state index is 0. The minimum Gasteiger partial charge on any atom is -1.00 e. The highest BCUT2D eigenvalue weighted by Gasteiger charge is 2.34. The van der Waals surface area contributed by atoms with E-state index in [0.29, 0.717) is 0 Å². The molecule has 0 spiro atoms. The Balaban J connectivity index is 0.00000210. The van der Waals surface area contributed by atoms with Gasteiger partial charge in [0.15, 0.2) is 18.2 Å². The third-order valence-corrected chi connectivity index (χ3v) is 4.87. The molecule has 2 heterocycles. The summed E-state index contributed by atoms with van der Waals surface area (Å²) in [6, 6.07) is 14.2. The van der Waals surface area contributed by atoms with E-state index in [1.54, 1.807) is 0 Å². The van der Waals surface area contributed by atoms with E-state index in [2.05, 4.69) is 18.2 Å². The highest BCUT2D eigenvalue weighted by atomic mass is 127. The van der Waals surface area contributed by atoms with Crippen molar-refractivity contribution in [3.63, 3.8) is 0 Å². The molecular weight excluding hydrogens is 447 g/mol. The number of carbonyl (C=O) groups excluding carboxylic acids is 1. The lowest BCUT2D eigenvalue weighted by Gasteiger charge is -2.15. The Morgan fingerprint density at radius 3 is 2.22 bits per heavy atom. The first-order valence-corrected chi connectivity index (χ1v) is 8.72. The highest BCUT2D eigenvalue weighted by molar-refractivity contribution is 6.17. The predicted octanol–water partition coefficient (Wildman–Crippen LogP) is 0.534. The van der Waals surface area contributed by atoms with Crippen LogP contribution in [0.5, 0.6) is 0 Å². The topological polar surface area (TPSA) is 24.2 Å². The molecular formula is C23H21IN2O. The highest BCUT2D eigenvalue weighted by Crippen LogP contribution is 2.42. The Morgan fingerprint density at radius 1 is 0.963 bits per heavy atom. The van der Waals surface area contributed by atoms with Gasteiger partial charge >= 0.3 is 0 Å². The van der Waals surface area contributed by atoms with Crippen LogP contribution in [0.15, 0.2) is 96.6 Å². The van der Waals surface area contributed by atoms with Gasteiger partial charge in [0.2, 0.25) is 0 Å². The van der Waals surface area contributed by atoms with Gasteiger partial charge in [-0.25, -0.2) is 4.57 Å². The van der Waals surface area contributed by atoms with E-state index < -0.39 is 0 Å². The third-order valence-electron chi connectivity index (χ3n) is 4.87. The SMILES string of the molecule is CN1C=CC(=C2C=C(c3cc[n+](C)cc3)C(c3ccccc3)C2=O)C=C1.[I-]. The van der Waals surface area contributed by atoms with Crippen LogP contribution in [0.1, 0.15) is 17.0 Å². The molecule has 136 valence electrons. The Kier molecular flexibility index (Phi) is 5.75. The van der Waals surface area contributed by atoms with Crippen molar-refractivity contribution < 1.29 is 33.3 Å². The number of hydrogen-bond acceptors (Lipinski definition) is 2. The number of halogens is 1. The van der Waals surface area contributed by atoms with Crippen molar-refractivity contribution in [3.8, 4) is 0 Å². The van der Waals surface area contributed by atoms with E-state index >= 15 is 0 Å². The average Bonchev–Trinajstić information content (AvgIpc) is 3.01. The molecule has 0 saturated carbocycles. The molecule has 0 amide bonds. The van der Waals surface area contributed by atoms with Crippen molar-refractivity contribution in [1.82, 2.24) is 4.90 Å². The van der Waals surface area contributed by atoms with Gasteiger partial charge in [-0.15, -0.1) is 0 Å². The zero-order chi connectivity index (χ0) is 18.1. The van der Waals surface area contributed by atoms with Gasteiger partial charge in [0.1, 0.15) is 7.05 Å². The van der Waals surface area contributed by atoms with E-state index in [9.17, 15) is 4.79 Å². The summed E-state index contributed by atoms with van der Waals surface area (Å²) in [5.74, 6) is -0.0962. The van der Waals surface area contributed by atoms with Crippen LogP contribution in [0.3, 0.4) is 0 Å². The Bertz CT molecular complexity index is 953. The van der Waals surface area contributed by atoms with Crippen molar-refractivity contribution in [1.29, 1.82) is 0 Å². The molecule has 1 aromatic heterocycles. The maximum atomic E-state index is 13.3. The number of nitrogens with zero attached hydrogens (tertiary/aromatic N) is 2. The van der Waals surface area contributed by atoms with Crippen molar-refractivity contribution in [2.75, 3.05) is 7.05 Å². The fraction of sp³-hybridized carbons (Fsp3) is 0.130. The standard InChI is InChI=1S/C23H21N2O.HI/c1-24-12-8-17(9-13-24)20-16-21(18-10-14-25(2)15-11-18)23(26)22(20)19-6-4-3-5-7-19;/h3-16,22H,1-2H3;1H/q+1;/p-1. The molecule has 0 radical (unpaired) electrons. The zero-order valence-corrected chi connectivity index (χ0v) is 17.5. The lowest BCUT2D eigenvalue weighted by Crippen LogP contribution is -3.00. The summed E-state index contributed by atoms with van der Waals surface area (Å²) >= 11 is 0. The summed E-state index contributed by atoms with van der Waals surface area (Å²) in [6.07, 6.45) is 14.0. The van der Waals surface area contributed by atoms with Crippen LogP contribution in [-0.4, -0.2) is 17.7 Å². The number of aromatic nitrogens is 1. The second-order valence-corrected chi connectivity index (χ2v) is 6.73. The summed E-state index contributed by atoms with van der Waals surface area (Å²) in [5, 5.41) is 0. The molecule has 3 nitrogen and oxygen atoms in total. The Labute approximate surface area is 177 Å². The van der Waals surface area contributed by atoms with Gasteiger partial charge in [-0.2, -0.15) is 0 Å². The fourth-order valence-electron chi connectivity index (χ4n) is 3.43. The number of carbonyl (C=O) groups is 1. The minimum atomic E-state index is -0.257. The van der Waals surface area contributed by atoms with E-state index in [1.807, 2.05) is 90.8 Å². The summed E-state index contributed by atoms with van der Waals surface area (Å²) in [5.41, 5.74) is 4.92. The van der Waals surface area contributed by atoms with Crippen LogP contribution in [0.25, 0.3) is 5.57 Å². The molecule has 1 atom stereocenters. The third kappa shape index (κ3) is 3.81. The van der Waals surface area contributed by atoms with Crippen molar-refractivity contribution in [2.45, 2.75) is 5.92 Å². The van der Waals surface area contributed by atoms with Crippen LogP contribution >= 0.6 is 0 Å². The molecule has 0 N–H and O–H groups in total. The second kappa shape index (κ2) is 8.05. The van der Waals surface area contributed by atoms with Crippen LogP contribution in [0.4, 0.5) is 0 Å². The smallest absolute Gasteiger partial charge is 0.175 e. The molecule has 1 aliphatic carbocycles. The number of allylic oxidation sites excluding steroid dienone is 6. The van der Waals surface area contributed by atoms with Gasteiger partial charge < -0.3 is 28.9 Å². The van der Waals surface area contributed by atoms with Crippen molar-refractivity contribution in [2.24, 2.45) is 7.05 Å². The van der Waals surface area contributed by atoms with Gasteiger partial charge in [0.05, 0.1) is 5.92 Å². The summed E-state index contributed by atoms with van der Waals surface area (Å²) in [4.78, 5) is 15.3. The van der Waals surface area contributed by atoms with Crippen LogP contribution < -0.4 is 28.5 Å². The first kappa shape index (κ1) is 19.3. The molecule has 2 aliphatic rings. The number of Topliss-reactive ketones (excluding diaryl/α,β-unsaturated/α-hetero) is 1. The van der Waals surface area contributed by atoms with Gasteiger partial charge in [-0.1, -0.05) is 30.3 Å². The van der Waals surface area contributed by atoms with Gasteiger partial charge in [0, 0.05) is 37.2 Å². The molecule has 0 saturated heterocycles. The van der Waals surface area contributed by atoms with Gasteiger partial charge in [-0.3, -0.25) is 4.79 Å². The molecule has 1 aromatic carbocycles. The number of rotatable bonds is 2. The largest absolute Gasteiger partial charge is 1.00 e. The quantitative estimate of drug-likeness (QED) is 0.365. The lowest BCUT2D eigenvalue weighted by atomic mass is 9.87. The molecule has 2 aromatic rings. The predicted molar refractivity (Wildman–Crippen MR) is 103 cm³/mol. The van der Waals surface area contributed by atoms with E-state index in [4.69, 9.17) is 0 Å². The maximum Gasteiger partial charge on any atom is 0.175 e. The molecule has 1 aliphatic heterocycles. The summed E-state index contributed by atoms with van der Waals surface area (Å²) in [6.45, 7) is 0. The average molecular weight is 468 g/mol. The maximum absolute atomic E-state index is 13.3. The number of benzene rings is 1. The van der Waals surface area contributed by atoms with Crippen molar-refractivity contribution >= 4 is 11.4 Å². The molecule has 1 unspecified atom stereocenters. The number of aryl methyl sites for hydroxylation is 1. The Morgan fingerprint density at radius 2 is 1.59 bits per heavy atom. The normalized spacial score (nSPS) is 18.6. The number of pyridine rings is 1. The first-order valence-electron chi connectivity index (χ1n) is 8.72. The van der Waals surface area contributed by atoms with E-state index in [-0.39, 0.29) is 35.7 Å². The van der Waals surface area contributed by atoms with Crippen LogP contribution in [0, 0.1) is 0 Å². The zero-order valence-electron chi connectivity index (χ0n) is 15.3. The second-order valence-electron chi connectivity index (χ2n) is 6.73. The molecule has 4 heteroatoms. The van der Waals surface area contributed by atoms with E-state index in [1.165, 1.54) is 0 Å². The number of hydrogen-bond donors (Lipinski definition) is 0.